The third-order valence-corrected chi connectivity index (χ3v) is 19.4. The van der Waals surface area contributed by atoms with Crippen LogP contribution in [0.2, 0.25) is 0 Å². The van der Waals surface area contributed by atoms with Crippen LogP contribution in [0.1, 0.15) is 76.6 Å². The van der Waals surface area contributed by atoms with Crippen molar-refractivity contribution < 1.29 is 9.13 Å². The molecule has 8 rings (SSSR count). The Morgan fingerprint density at radius 3 is 1.84 bits per heavy atom. The standard InChI is InChI=1S/C51H50O2P2/c1-7-19-46-37(3)44-26-17-18-27-47(44)51(46)48-34-43(54(52,39-20-11-8-12-21-39)40-22-13-9-14-23-40)32-33-45(48)38(4)49(51)35-50(5,6)55(53,41-24-15-10-16-25-41)42-30-28-36(2)29-31-42/h7-28,30-34,36H,29,35H2,1-6H3/b19-7-. The topological polar surface area (TPSA) is 34.1 Å². The molecule has 3 atom stereocenters. The van der Waals surface area contributed by atoms with Gasteiger partial charge < -0.3 is 9.13 Å². The Hall–Kier alpha value is -4.74. The molecule has 0 saturated carbocycles. The van der Waals surface area contributed by atoms with Crippen LogP contribution in [-0.2, 0) is 14.5 Å². The van der Waals surface area contributed by atoms with E-state index >= 15 is 9.13 Å². The van der Waals surface area contributed by atoms with Crippen LogP contribution >= 0.6 is 14.3 Å². The van der Waals surface area contributed by atoms with E-state index in [1.165, 1.54) is 33.4 Å². The lowest BCUT2D eigenvalue weighted by atomic mass is 9.67. The van der Waals surface area contributed by atoms with Gasteiger partial charge in [-0.1, -0.05) is 179 Å². The van der Waals surface area contributed by atoms with Gasteiger partial charge in [-0.2, -0.15) is 0 Å². The second kappa shape index (κ2) is 14.1. The summed E-state index contributed by atoms with van der Waals surface area (Å²) in [5.41, 5.74) is 9.05. The Balaban J connectivity index is 1.40. The van der Waals surface area contributed by atoms with E-state index in [0.29, 0.717) is 12.3 Å². The Bertz CT molecular complexity index is 2510. The van der Waals surface area contributed by atoms with E-state index in [4.69, 9.17) is 0 Å². The monoisotopic (exact) mass is 756 g/mol. The largest absolute Gasteiger partial charge is 0.313 e. The van der Waals surface area contributed by atoms with Gasteiger partial charge >= 0.3 is 0 Å². The minimum atomic E-state index is -3.28. The zero-order valence-corrected chi connectivity index (χ0v) is 34.6. The molecule has 55 heavy (non-hydrogen) atoms. The Labute approximate surface area is 327 Å². The van der Waals surface area contributed by atoms with Gasteiger partial charge in [-0.15, -0.1) is 0 Å². The van der Waals surface area contributed by atoms with Gasteiger partial charge in [0, 0.05) is 31.7 Å². The lowest BCUT2D eigenvalue weighted by molar-refractivity contribution is 0.538. The van der Waals surface area contributed by atoms with E-state index in [-0.39, 0.29) is 0 Å². The number of rotatable bonds is 9. The van der Waals surface area contributed by atoms with Gasteiger partial charge in [-0.25, -0.2) is 0 Å². The van der Waals surface area contributed by atoms with Crippen molar-refractivity contribution in [2.45, 2.75) is 65.0 Å². The molecule has 0 aliphatic heterocycles. The minimum Gasteiger partial charge on any atom is -0.313 e. The van der Waals surface area contributed by atoms with Crippen LogP contribution in [0.15, 0.2) is 180 Å². The van der Waals surface area contributed by atoms with Gasteiger partial charge in [-0.05, 0) is 90.1 Å². The first-order valence-electron chi connectivity index (χ1n) is 19.5. The highest BCUT2D eigenvalue weighted by Crippen LogP contribution is 2.70. The third kappa shape index (κ3) is 5.59. The van der Waals surface area contributed by atoms with E-state index < -0.39 is 24.9 Å². The Morgan fingerprint density at radius 2 is 1.25 bits per heavy atom. The molecule has 0 N–H and O–H groups in total. The van der Waals surface area contributed by atoms with Crippen molar-refractivity contribution >= 4 is 46.6 Å². The Morgan fingerprint density at radius 1 is 0.691 bits per heavy atom. The second-order valence-electron chi connectivity index (χ2n) is 16.1. The molecule has 1 spiro atoms. The number of allylic oxidation sites excluding steroid dienone is 10. The molecule has 2 nitrogen and oxygen atoms in total. The number of benzene rings is 5. The molecule has 4 heteroatoms. The SMILES string of the molecule is C/C=C\C1=C(C)c2ccccc2C12C(CC(C)(C)P(=O)(C1=CCC(C)C=C1)c1ccccc1)=C(C)c1ccc(P(=O)(c3ccccc3)c3ccccc3)cc12. The van der Waals surface area contributed by atoms with E-state index in [1.54, 1.807) is 0 Å². The average Bonchev–Trinajstić information content (AvgIpc) is 3.61. The van der Waals surface area contributed by atoms with Crippen LogP contribution in [0.4, 0.5) is 0 Å². The fourth-order valence-corrected chi connectivity index (χ4v) is 15.7. The molecule has 3 aliphatic carbocycles. The summed E-state index contributed by atoms with van der Waals surface area (Å²) in [6.07, 6.45) is 12.5. The zero-order chi connectivity index (χ0) is 38.6. The normalized spacial score (nSPS) is 20.5. The maximum atomic E-state index is 16.3. The quantitative estimate of drug-likeness (QED) is 0.140. The van der Waals surface area contributed by atoms with E-state index in [0.717, 1.165) is 44.1 Å². The highest BCUT2D eigenvalue weighted by Gasteiger charge is 2.55. The summed E-state index contributed by atoms with van der Waals surface area (Å²) in [6.45, 7) is 13.3. The van der Waals surface area contributed by atoms with Crippen molar-refractivity contribution in [3.05, 3.63) is 203 Å². The summed E-state index contributed by atoms with van der Waals surface area (Å²) in [6, 6.07) is 45.5. The highest BCUT2D eigenvalue weighted by atomic mass is 31.2. The minimum absolute atomic E-state index is 0.414. The number of hydrogen-bond acceptors (Lipinski definition) is 2. The van der Waals surface area contributed by atoms with Crippen LogP contribution in [0.3, 0.4) is 0 Å². The smallest absolute Gasteiger partial charge is 0.171 e. The number of fused-ring (bicyclic) bond motifs is 4. The molecule has 276 valence electrons. The molecule has 3 aliphatic rings. The molecule has 0 fully saturated rings. The molecule has 0 bridgehead atoms. The number of hydrogen-bond donors (Lipinski definition) is 0. The lowest BCUT2D eigenvalue weighted by Gasteiger charge is -2.42. The molecule has 0 saturated heterocycles. The summed E-state index contributed by atoms with van der Waals surface area (Å²) in [7, 11) is -6.48. The van der Waals surface area contributed by atoms with Gasteiger partial charge in [0.05, 0.1) is 5.41 Å². The molecule has 5 aromatic carbocycles. The fraction of sp³-hybridized carbons (Fsp3) is 0.216. The molecular formula is C51H50O2P2. The molecular weight excluding hydrogens is 707 g/mol. The maximum absolute atomic E-state index is 16.3. The predicted octanol–water partition coefficient (Wildman–Crippen LogP) is 12.1. The van der Waals surface area contributed by atoms with E-state index in [9.17, 15) is 0 Å². The van der Waals surface area contributed by atoms with Gasteiger partial charge in [0.25, 0.3) is 0 Å². The van der Waals surface area contributed by atoms with Crippen molar-refractivity contribution in [1.29, 1.82) is 0 Å². The van der Waals surface area contributed by atoms with Crippen LogP contribution < -0.4 is 21.2 Å². The van der Waals surface area contributed by atoms with Gasteiger partial charge in [0.2, 0.25) is 0 Å². The van der Waals surface area contributed by atoms with Crippen molar-refractivity contribution in [3.8, 4) is 0 Å². The van der Waals surface area contributed by atoms with Crippen LogP contribution in [0.5, 0.6) is 0 Å². The maximum Gasteiger partial charge on any atom is 0.171 e. The first kappa shape index (κ1) is 37.2. The van der Waals surface area contributed by atoms with Crippen LogP contribution in [0.25, 0.3) is 11.1 Å². The molecule has 0 heterocycles. The van der Waals surface area contributed by atoms with Crippen LogP contribution in [0, 0.1) is 5.92 Å². The first-order chi connectivity index (χ1) is 26.5. The lowest BCUT2D eigenvalue weighted by Crippen LogP contribution is -2.35. The van der Waals surface area contributed by atoms with Gasteiger partial charge in [-0.3, -0.25) is 0 Å². The van der Waals surface area contributed by atoms with E-state index in [1.807, 2.05) is 78.9 Å². The summed E-state index contributed by atoms with van der Waals surface area (Å²) in [5.74, 6) is 0.414. The molecule has 0 radical (unpaired) electrons. The second-order valence-corrected chi connectivity index (χ2v) is 22.3. The summed E-state index contributed by atoms with van der Waals surface area (Å²) < 4.78 is 32.2. The Kier molecular flexibility index (Phi) is 9.52. The average molecular weight is 757 g/mol. The van der Waals surface area contributed by atoms with Crippen molar-refractivity contribution in [2.24, 2.45) is 5.92 Å². The van der Waals surface area contributed by atoms with Crippen LogP contribution in [-0.4, -0.2) is 5.16 Å². The molecule has 0 aromatic heterocycles. The van der Waals surface area contributed by atoms with Crippen molar-refractivity contribution in [3.63, 3.8) is 0 Å². The third-order valence-electron chi connectivity index (χ3n) is 12.4. The van der Waals surface area contributed by atoms with Crippen molar-refractivity contribution in [1.82, 2.24) is 0 Å². The molecule has 3 unspecified atom stereocenters. The van der Waals surface area contributed by atoms with Gasteiger partial charge in [0.1, 0.15) is 7.14 Å². The highest BCUT2D eigenvalue weighted by molar-refractivity contribution is 7.85. The summed E-state index contributed by atoms with van der Waals surface area (Å²) in [5, 5.41) is 3.65. The van der Waals surface area contributed by atoms with Crippen molar-refractivity contribution in [2.75, 3.05) is 0 Å². The molecule has 0 amide bonds. The van der Waals surface area contributed by atoms with E-state index in [2.05, 4.69) is 127 Å². The van der Waals surface area contributed by atoms with Gasteiger partial charge in [0.15, 0.2) is 7.14 Å². The first-order valence-corrected chi connectivity index (χ1v) is 23.0. The fourth-order valence-electron chi connectivity index (χ4n) is 9.68. The summed E-state index contributed by atoms with van der Waals surface area (Å²) in [4.78, 5) is 0. The zero-order valence-electron chi connectivity index (χ0n) is 32.8. The molecule has 5 aromatic rings. The predicted molar refractivity (Wildman–Crippen MR) is 236 cm³/mol. The summed E-state index contributed by atoms with van der Waals surface area (Å²) >= 11 is 0.